The van der Waals surface area contributed by atoms with Crippen LogP contribution in [0, 0.1) is 0 Å². The van der Waals surface area contributed by atoms with Crippen molar-refractivity contribution < 1.29 is 4.57 Å². The molecule has 0 atom stereocenters. The van der Waals surface area contributed by atoms with Gasteiger partial charge in [0.2, 0.25) is 0 Å². The monoisotopic (exact) mass is 269 g/mol. The van der Waals surface area contributed by atoms with Crippen molar-refractivity contribution in [3.8, 4) is 0 Å². The zero-order chi connectivity index (χ0) is 14.2. The van der Waals surface area contributed by atoms with Crippen molar-refractivity contribution in [2.45, 2.75) is 45.7 Å². The standard InChI is InChI=1S/C18H25N2/c1-3-5-6-10-13-19-14-15-20(18(19)4-2)16-17-11-8-7-9-12-17/h4,7-9,11-12,14-15H,2-3,5-6,10,13,16H2,1H3/q+1. The molecule has 0 spiro atoms. The van der Waals surface area contributed by atoms with Crippen LogP contribution in [0.5, 0.6) is 0 Å². The first-order valence-electron chi connectivity index (χ1n) is 7.60. The maximum absolute atomic E-state index is 3.97. The van der Waals surface area contributed by atoms with Gasteiger partial charge in [0.25, 0.3) is 5.82 Å². The Balaban J connectivity index is 2.03. The number of rotatable bonds is 8. The number of benzene rings is 1. The molecule has 0 aliphatic heterocycles. The van der Waals surface area contributed by atoms with E-state index in [0.29, 0.717) is 0 Å². The molecule has 0 unspecified atom stereocenters. The topological polar surface area (TPSA) is 8.81 Å². The quantitative estimate of drug-likeness (QED) is 0.505. The predicted octanol–water partition coefficient (Wildman–Crippen LogP) is 4.05. The summed E-state index contributed by atoms with van der Waals surface area (Å²) in [5, 5.41) is 0. The summed E-state index contributed by atoms with van der Waals surface area (Å²) >= 11 is 0. The van der Waals surface area contributed by atoms with Crippen molar-refractivity contribution in [2.24, 2.45) is 0 Å². The highest BCUT2D eigenvalue weighted by atomic mass is 15.1. The lowest BCUT2D eigenvalue weighted by Crippen LogP contribution is -2.36. The summed E-state index contributed by atoms with van der Waals surface area (Å²) in [5.41, 5.74) is 1.32. The molecule has 0 amide bonds. The Bertz CT molecular complexity index is 526. The van der Waals surface area contributed by atoms with E-state index in [1.54, 1.807) is 0 Å². The fourth-order valence-corrected chi connectivity index (χ4v) is 2.53. The fraction of sp³-hybridized carbons (Fsp3) is 0.389. The SMILES string of the molecule is C=Cc1n(CCCCCC)cc[n+]1Cc1ccccc1. The summed E-state index contributed by atoms with van der Waals surface area (Å²) in [7, 11) is 0. The van der Waals surface area contributed by atoms with Crippen molar-refractivity contribution in [3.05, 3.63) is 60.7 Å². The van der Waals surface area contributed by atoms with Crippen LogP contribution in [0.4, 0.5) is 0 Å². The molecule has 1 aromatic carbocycles. The molecular formula is C18H25N2+. The molecule has 106 valence electrons. The highest BCUT2D eigenvalue weighted by molar-refractivity contribution is 5.33. The average molecular weight is 269 g/mol. The maximum atomic E-state index is 3.97. The molecule has 0 radical (unpaired) electrons. The van der Waals surface area contributed by atoms with E-state index in [4.69, 9.17) is 0 Å². The number of aromatic nitrogens is 2. The van der Waals surface area contributed by atoms with Crippen LogP contribution < -0.4 is 4.57 Å². The summed E-state index contributed by atoms with van der Waals surface area (Å²) < 4.78 is 4.58. The predicted molar refractivity (Wildman–Crippen MR) is 84.4 cm³/mol. The van der Waals surface area contributed by atoms with Gasteiger partial charge in [-0.1, -0.05) is 56.7 Å². The van der Waals surface area contributed by atoms with Gasteiger partial charge in [0.1, 0.15) is 18.9 Å². The van der Waals surface area contributed by atoms with E-state index in [2.05, 4.69) is 65.4 Å². The zero-order valence-electron chi connectivity index (χ0n) is 12.5. The van der Waals surface area contributed by atoms with Crippen LogP contribution in [0.3, 0.4) is 0 Å². The smallest absolute Gasteiger partial charge is 0.231 e. The molecule has 2 nitrogen and oxygen atoms in total. The number of aryl methyl sites for hydroxylation is 1. The first-order valence-corrected chi connectivity index (χ1v) is 7.60. The molecule has 1 aromatic heterocycles. The second-order valence-corrected chi connectivity index (χ2v) is 5.23. The molecular weight excluding hydrogens is 244 g/mol. The van der Waals surface area contributed by atoms with E-state index in [9.17, 15) is 0 Å². The fourth-order valence-electron chi connectivity index (χ4n) is 2.53. The van der Waals surface area contributed by atoms with Crippen molar-refractivity contribution >= 4 is 6.08 Å². The zero-order valence-corrected chi connectivity index (χ0v) is 12.5. The first kappa shape index (κ1) is 14.6. The van der Waals surface area contributed by atoms with Gasteiger partial charge in [-0.2, -0.15) is 0 Å². The molecule has 2 heteroatoms. The molecule has 2 aromatic rings. The Morgan fingerprint density at radius 2 is 1.95 bits per heavy atom. The van der Waals surface area contributed by atoms with E-state index in [1.807, 2.05) is 6.08 Å². The van der Waals surface area contributed by atoms with Crippen LogP contribution in [-0.2, 0) is 13.1 Å². The van der Waals surface area contributed by atoms with E-state index in [0.717, 1.165) is 13.1 Å². The summed E-state index contributed by atoms with van der Waals surface area (Å²) in [6.45, 7) is 8.21. The van der Waals surface area contributed by atoms with Crippen LogP contribution in [-0.4, -0.2) is 4.57 Å². The minimum Gasteiger partial charge on any atom is -0.231 e. The normalized spacial score (nSPS) is 10.7. The highest BCUT2D eigenvalue weighted by Crippen LogP contribution is 2.06. The summed E-state index contributed by atoms with van der Waals surface area (Å²) in [4.78, 5) is 0. The Labute approximate surface area is 122 Å². The highest BCUT2D eigenvalue weighted by Gasteiger charge is 2.13. The Kier molecular flexibility index (Phi) is 5.60. The summed E-state index contributed by atoms with van der Waals surface area (Å²) in [5.74, 6) is 1.20. The van der Waals surface area contributed by atoms with Gasteiger partial charge in [0, 0.05) is 6.08 Å². The summed E-state index contributed by atoms with van der Waals surface area (Å²) in [6, 6.07) is 10.6. The number of nitrogens with zero attached hydrogens (tertiary/aromatic N) is 2. The molecule has 2 rings (SSSR count). The summed E-state index contributed by atoms with van der Waals surface area (Å²) in [6.07, 6.45) is 11.5. The number of unbranched alkanes of at least 4 members (excludes halogenated alkanes) is 3. The van der Waals surface area contributed by atoms with E-state index in [1.165, 1.54) is 37.1 Å². The van der Waals surface area contributed by atoms with Crippen molar-refractivity contribution in [1.29, 1.82) is 0 Å². The molecule has 0 aliphatic rings. The van der Waals surface area contributed by atoms with Crippen LogP contribution in [0.25, 0.3) is 6.08 Å². The van der Waals surface area contributed by atoms with Crippen LogP contribution in [0.1, 0.15) is 44.0 Å². The third kappa shape index (κ3) is 3.83. The van der Waals surface area contributed by atoms with E-state index >= 15 is 0 Å². The molecule has 0 saturated carbocycles. The third-order valence-electron chi connectivity index (χ3n) is 3.65. The first-order chi connectivity index (χ1) is 9.85. The largest absolute Gasteiger partial charge is 0.281 e. The Morgan fingerprint density at radius 1 is 1.15 bits per heavy atom. The lowest BCUT2D eigenvalue weighted by atomic mass is 10.2. The van der Waals surface area contributed by atoms with Gasteiger partial charge in [0.05, 0.1) is 6.54 Å². The van der Waals surface area contributed by atoms with Crippen molar-refractivity contribution in [3.63, 3.8) is 0 Å². The number of imidazole rings is 1. The van der Waals surface area contributed by atoms with Crippen LogP contribution in [0.2, 0.25) is 0 Å². The molecule has 0 N–H and O–H groups in total. The average Bonchev–Trinajstić information content (AvgIpc) is 2.86. The maximum Gasteiger partial charge on any atom is 0.281 e. The Morgan fingerprint density at radius 3 is 2.65 bits per heavy atom. The van der Waals surface area contributed by atoms with Crippen LogP contribution in [0.15, 0.2) is 49.3 Å². The number of hydrogen-bond donors (Lipinski definition) is 0. The molecule has 0 bridgehead atoms. The van der Waals surface area contributed by atoms with Crippen LogP contribution >= 0.6 is 0 Å². The van der Waals surface area contributed by atoms with Gasteiger partial charge in [-0.15, -0.1) is 0 Å². The second kappa shape index (κ2) is 7.68. The molecule has 0 saturated heterocycles. The lowest BCUT2D eigenvalue weighted by Gasteiger charge is -2.02. The molecule has 1 heterocycles. The van der Waals surface area contributed by atoms with Gasteiger partial charge in [0.15, 0.2) is 0 Å². The van der Waals surface area contributed by atoms with E-state index in [-0.39, 0.29) is 0 Å². The molecule has 0 fully saturated rings. The Hall–Kier alpha value is -1.83. The van der Waals surface area contributed by atoms with Crippen molar-refractivity contribution in [1.82, 2.24) is 4.57 Å². The lowest BCUT2D eigenvalue weighted by molar-refractivity contribution is -0.689. The molecule has 0 aliphatic carbocycles. The minimum atomic E-state index is 0.907. The van der Waals surface area contributed by atoms with Gasteiger partial charge in [-0.25, -0.2) is 9.13 Å². The number of hydrogen-bond acceptors (Lipinski definition) is 0. The van der Waals surface area contributed by atoms with Gasteiger partial charge >= 0.3 is 0 Å². The third-order valence-corrected chi connectivity index (χ3v) is 3.65. The van der Waals surface area contributed by atoms with Gasteiger partial charge in [-0.3, -0.25) is 0 Å². The second-order valence-electron chi connectivity index (χ2n) is 5.23. The minimum absolute atomic E-state index is 0.907. The van der Waals surface area contributed by atoms with Crippen molar-refractivity contribution in [2.75, 3.05) is 0 Å². The van der Waals surface area contributed by atoms with E-state index < -0.39 is 0 Å². The van der Waals surface area contributed by atoms with Gasteiger partial charge in [-0.05, 0) is 18.4 Å². The molecule has 20 heavy (non-hydrogen) atoms. The van der Waals surface area contributed by atoms with Gasteiger partial charge < -0.3 is 0 Å².